The third-order valence-electron chi connectivity index (χ3n) is 3.40. The van der Waals surface area contributed by atoms with Crippen molar-refractivity contribution in [2.45, 2.75) is 12.5 Å². The number of ether oxygens (including phenoxy) is 1. The number of para-hydroxylation sites is 1. The van der Waals surface area contributed by atoms with Crippen molar-refractivity contribution < 1.29 is 9.13 Å². The summed E-state index contributed by atoms with van der Waals surface area (Å²) in [5.41, 5.74) is 8.67. The van der Waals surface area contributed by atoms with Gasteiger partial charge in [-0.05, 0) is 27.6 Å². The summed E-state index contributed by atoms with van der Waals surface area (Å²) in [7, 11) is 0. The van der Waals surface area contributed by atoms with Crippen molar-refractivity contribution in [2.24, 2.45) is 5.73 Å². The van der Waals surface area contributed by atoms with Crippen LogP contribution in [-0.2, 0) is 6.42 Å². The van der Waals surface area contributed by atoms with Gasteiger partial charge in [0.25, 0.3) is 0 Å². The second kappa shape index (κ2) is 4.94. The van der Waals surface area contributed by atoms with Crippen LogP contribution in [0, 0.1) is 5.82 Å². The Morgan fingerprint density at radius 2 is 1.89 bits per heavy atom. The van der Waals surface area contributed by atoms with Crippen LogP contribution < -0.4 is 10.5 Å². The van der Waals surface area contributed by atoms with Gasteiger partial charge in [-0.3, -0.25) is 0 Å². The van der Waals surface area contributed by atoms with E-state index >= 15 is 0 Å². The van der Waals surface area contributed by atoms with E-state index in [1.54, 1.807) is 18.2 Å². The molecule has 2 N–H and O–H groups in total. The zero-order valence-electron chi connectivity index (χ0n) is 10.2. The molecule has 1 heterocycles. The molecule has 2 nitrogen and oxygen atoms in total. The van der Waals surface area contributed by atoms with Crippen molar-refractivity contribution in [2.75, 3.05) is 6.61 Å². The summed E-state index contributed by atoms with van der Waals surface area (Å²) in [4.78, 5) is 0. The maximum Gasteiger partial charge on any atom is 0.142 e. The summed E-state index contributed by atoms with van der Waals surface area (Å²) >= 11 is 3.19. The molecule has 0 saturated carbocycles. The van der Waals surface area contributed by atoms with Gasteiger partial charge in [0.1, 0.15) is 11.6 Å². The van der Waals surface area contributed by atoms with Crippen LogP contribution in [0.1, 0.15) is 22.7 Å². The second-order valence-electron chi connectivity index (χ2n) is 4.55. The van der Waals surface area contributed by atoms with Crippen LogP contribution in [0.4, 0.5) is 4.39 Å². The van der Waals surface area contributed by atoms with E-state index in [-0.39, 0.29) is 5.82 Å². The fraction of sp³-hybridized carbons (Fsp3) is 0.200. The molecule has 0 fully saturated rings. The summed E-state index contributed by atoms with van der Waals surface area (Å²) in [6.45, 7) is 0.667. The Balaban J connectivity index is 2.08. The molecule has 1 unspecified atom stereocenters. The molecule has 19 heavy (non-hydrogen) atoms. The monoisotopic (exact) mass is 321 g/mol. The summed E-state index contributed by atoms with van der Waals surface area (Å²) in [6, 6.07) is 10.5. The Bertz CT molecular complexity index is 630. The summed E-state index contributed by atoms with van der Waals surface area (Å²) in [5.74, 6) is 0.500. The van der Waals surface area contributed by atoms with Crippen LogP contribution in [0.2, 0.25) is 0 Å². The van der Waals surface area contributed by atoms with E-state index in [1.165, 1.54) is 0 Å². The number of halogens is 2. The fourth-order valence-electron chi connectivity index (χ4n) is 2.41. The van der Waals surface area contributed by atoms with Gasteiger partial charge in [-0.25, -0.2) is 4.39 Å². The first-order valence-corrected chi connectivity index (χ1v) is 6.92. The van der Waals surface area contributed by atoms with Gasteiger partial charge in [-0.2, -0.15) is 0 Å². The zero-order chi connectivity index (χ0) is 13.4. The lowest BCUT2D eigenvalue weighted by Gasteiger charge is -2.17. The SMILES string of the molecule is NC(c1cccc(Br)c1F)c1cccc2c1OCC2. The Morgan fingerprint density at radius 1 is 1.16 bits per heavy atom. The standard InChI is InChI=1S/C15H13BrFNO/c16-12-6-2-4-10(13(12)17)14(18)11-5-1-3-9-7-8-19-15(9)11/h1-6,14H,7-8,18H2. The third-order valence-corrected chi connectivity index (χ3v) is 4.01. The molecule has 0 spiro atoms. The smallest absolute Gasteiger partial charge is 0.142 e. The molecule has 2 aromatic rings. The van der Waals surface area contributed by atoms with Gasteiger partial charge >= 0.3 is 0 Å². The molecule has 1 aliphatic heterocycles. The first-order valence-electron chi connectivity index (χ1n) is 6.12. The predicted molar refractivity (Wildman–Crippen MR) is 75.8 cm³/mol. The number of hydrogen-bond donors (Lipinski definition) is 1. The third kappa shape index (κ3) is 2.15. The minimum atomic E-state index is -0.523. The Labute approximate surface area is 119 Å². The van der Waals surface area contributed by atoms with Gasteiger partial charge in [0.05, 0.1) is 17.1 Å². The molecule has 3 rings (SSSR count). The molecule has 1 aliphatic rings. The van der Waals surface area contributed by atoms with E-state index in [4.69, 9.17) is 10.5 Å². The molecule has 1 atom stereocenters. The number of nitrogens with two attached hydrogens (primary N) is 1. The quantitative estimate of drug-likeness (QED) is 0.917. The number of fused-ring (bicyclic) bond motifs is 1. The maximum atomic E-state index is 14.1. The van der Waals surface area contributed by atoms with Crippen LogP contribution in [0.25, 0.3) is 0 Å². The fourth-order valence-corrected chi connectivity index (χ4v) is 2.80. The summed E-state index contributed by atoms with van der Waals surface area (Å²) in [5, 5.41) is 0. The van der Waals surface area contributed by atoms with Crippen molar-refractivity contribution in [1.29, 1.82) is 0 Å². The molecule has 0 bridgehead atoms. The maximum absolute atomic E-state index is 14.1. The Morgan fingerprint density at radius 3 is 2.74 bits per heavy atom. The van der Waals surface area contributed by atoms with E-state index < -0.39 is 6.04 Å². The number of benzene rings is 2. The first-order chi connectivity index (χ1) is 9.18. The lowest BCUT2D eigenvalue weighted by Crippen LogP contribution is -2.14. The highest BCUT2D eigenvalue weighted by molar-refractivity contribution is 9.10. The highest BCUT2D eigenvalue weighted by atomic mass is 79.9. The van der Waals surface area contributed by atoms with Crippen LogP contribution >= 0.6 is 15.9 Å². The van der Waals surface area contributed by atoms with Gasteiger partial charge in [-0.15, -0.1) is 0 Å². The van der Waals surface area contributed by atoms with Crippen molar-refractivity contribution >= 4 is 15.9 Å². The second-order valence-corrected chi connectivity index (χ2v) is 5.41. The van der Waals surface area contributed by atoms with Gasteiger partial charge in [0, 0.05) is 17.5 Å². The number of rotatable bonds is 2. The van der Waals surface area contributed by atoms with Crippen LogP contribution in [0.3, 0.4) is 0 Å². The van der Waals surface area contributed by atoms with Crippen LogP contribution in [0.15, 0.2) is 40.9 Å². The van der Waals surface area contributed by atoms with Crippen molar-refractivity contribution in [3.63, 3.8) is 0 Å². The largest absolute Gasteiger partial charge is 0.493 e. The van der Waals surface area contributed by atoms with Gasteiger partial charge in [-0.1, -0.05) is 30.3 Å². The lowest BCUT2D eigenvalue weighted by atomic mass is 9.96. The zero-order valence-corrected chi connectivity index (χ0v) is 11.8. The van der Waals surface area contributed by atoms with Gasteiger partial charge in [0.15, 0.2) is 0 Å². The van der Waals surface area contributed by atoms with E-state index in [9.17, 15) is 4.39 Å². The number of hydrogen-bond acceptors (Lipinski definition) is 2. The van der Waals surface area contributed by atoms with E-state index in [1.807, 2.05) is 18.2 Å². The highest BCUT2D eigenvalue weighted by Crippen LogP contribution is 2.36. The first kappa shape index (κ1) is 12.6. The molecule has 4 heteroatoms. The molecule has 0 aromatic heterocycles. The van der Waals surface area contributed by atoms with Crippen molar-refractivity contribution in [3.05, 3.63) is 63.4 Å². The summed E-state index contributed by atoms with van der Waals surface area (Å²) in [6.07, 6.45) is 0.886. The van der Waals surface area contributed by atoms with Crippen LogP contribution in [0.5, 0.6) is 5.75 Å². The molecule has 2 aromatic carbocycles. The van der Waals surface area contributed by atoms with Crippen LogP contribution in [-0.4, -0.2) is 6.61 Å². The lowest BCUT2D eigenvalue weighted by molar-refractivity contribution is 0.352. The molecule has 0 aliphatic carbocycles. The molecular formula is C15H13BrFNO. The molecule has 0 radical (unpaired) electrons. The van der Waals surface area contributed by atoms with E-state index in [0.29, 0.717) is 16.6 Å². The average molecular weight is 322 g/mol. The van der Waals surface area contributed by atoms with Gasteiger partial charge < -0.3 is 10.5 Å². The van der Waals surface area contributed by atoms with E-state index in [2.05, 4.69) is 15.9 Å². The minimum Gasteiger partial charge on any atom is -0.493 e. The minimum absolute atomic E-state index is 0.314. The molecule has 0 saturated heterocycles. The normalized spacial score (nSPS) is 14.9. The molecule has 0 amide bonds. The molecular weight excluding hydrogens is 309 g/mol. The Kier molecular flexibility index (Phi) is 3.29. The van der Waals surface area contributed by atoms with E-state index in [0.717, 1.165) is 23.3 Å². The van der Waals surface area contributed by atoms with Crippen molar-refractivity contribution in [1.82, 2.24) is 0 Å². The Hall–Kier alpha value is -1.39. The topological polar surface area (TPSA) is 35.2 Å². The van der Waals surface area contributed by atoms with Crippen molar-refractivity contribution in [3.8, 4) is 5.75 Å². The average Bonchev–Trinajstić information content (AvgIpc) is 2.89. The predicted octanol–water partition coefficient (Wildman–Crippen LogP) is 3.57. The highest BCUT2D eigenvalue weighted by Gasteiger charge is 2.23. The van der Waals surface area contributed by atoms with Gasteiger partial charge in [0.2, 0.25) is 0 Å². The summed E-state index contributed by atoms with van der Waals surface area (Å²) < 4.78 is 20.2. The molecule has 98 valence electrons.